The summed E-state index contributed by atoms with van der Waals surface area (Å²) in [5.41, 5.74) is -0.207. The molecule has 0 aliphatic heterocycles. The van der Waals surface area contributed by atoms with E-state index >= 15 is 0 Å². The number of carboxylic acids is 1. The van der Waals surface area contributed by atoms with Crippen LogP contribution in [0, 0.1) is 14.8 Å². The molecular weight excluding hydrogens is 378 g/mol. The van der Waals surface area contributed by atoms with Crippen LogP contribution in [0.4, 0.5) is 14.9 Å². The van der Waals surface area contributed by atoms with Crippen LogP contribution in [-0.4, -0.2) is 23.1 Å². The van der Waals surface area contributed by atoms with Gasteiger partial charge in [-0.2, -0.15) is 0 Å². The van der Waals surface area contributed by atoms with Gasteiger partial charge in [0.15, 0.2) is 0 Å². The number of amides is 2. The van der Waals surface area contributed by atoms with Gasteiger partial charge in [-0.15, -0.1) is 0 Å². The van der Waals surface area contributed by atoms with E-state index in [4.69, 9.17) is 5.11 Å². The van der Waals surface area contributed by atoms with Gasteiger partial charge in [0.05, 0.1) is 5.69 Å². The first-order chi connectivity index (χ1) is 9.11. The number of carbonyl (C=O) groups excluding carboxylic acids is 1. The Labute approximate surface area is 130 Å². The van der Waals surface area contributed by atoms with Crippen LogP contribution < -0.4 is 10.6 Å². The molecule has 0 aliphatic carbocycles. The number of nitrogens with one attached hydrogen (secondary N) is 2. The van der Waals surface area contributed by atoms with E-state index in [2.05, 4.69) is 10.6 Å². The number of benzene rings is 1. The number of aliphatic carboxylic acids is 1. The number of urea groups is 1. The molecule has 0 unspecified atom stereocenters. The lowest BCUT2D eigenvalue weighted by molar-refractivity contribution is -0.141. The van der Waals surface area contributed by atoms with E-state index in [0.717, 1.165) is 0 Å². The number of carboxylic acid groups (broad SMARTS) is 1. The highest BCUT2D eigenvalue weighted by molar-refractivity contribution is 14.1. The standard InChI is InChI=1S/C13H16FIN2O3/c1-13(2,3)10(11(18)19)17-12(20)16-9-5-4-7(14)6-8(9)15/h4-6,10H,1-3H3,(H,18,19)(H2,16,17,20)/t10-/m0/s1. The monoisotopic (exact) mass is 394 g/mol. The van der Waals surface area contributed by atoms with Crippen molar-refractivity contribution >= 4 is 40.3 Å². The fourth-order valence-corrected chi connectivity index (χ4v) is 2.14. The van der Waals surface area contributed by atoms with Crippen molar-refractivity contribution in [1.29, 1.82) is 0 Å². The molecule has 3 N–H and O–H groups in total. The highest BCUT2D eigenvalue weighted by Crippen LogP contribution is 2.21. The maximum atomic E-state index is 12.9. The van der Waals surface area contributed by atoms with Gasteiger partial charge < -0.3 is 15.7 Å². The minimum atomic E-state index is -1.11. The topological polar surface area (TPSA) is 78.4 Å². The first-order valence-electron chi connectivity index (χ1n) is 5.86. The van der Waals surface area contributed by atoms with Gasteiger partial charge in [-0.05, 0) is 46.2 Å². The smallest absolute Gasteiger partial charge is 0.326 e. The quantitative estimate of drug-likeness (QED) is 0.690. The van der Waals surface area contributed by atoms with Crippen LogP contribution in [0.1, 0.15) is 20.8 Å². The van der Waals surface area contributed by atoms with Crippen molar-refractivity contribution in [3.05, 3.63) is 27.6 Å². The van der Waals surface area contributed by atoms with Gasteiger partial charge in [0.25, 0.3) is 0 Å². The molecule has 1 aromatic rings. The summed E-state index contributed by atoms with van der Waals surface area (Å²) >= 11 is 1.88. The Morgan fingerprint density at radius 3 is 2.40 bits per heavy atom. The molecule has 0 aliphatic rings. The van der Waals surface area contributed by atoms with Crippen molar-refractivity contribution in [3.8, 4) is 0 Å². The van der Waals surface area contributed by atoms with E-state index in [-0.39, 0.29) is 0 Å². The van der Waals surface area contributed by atoms with E-state index in [1.54, 1.807) is 20.8 Å². The minimum absolute atomic E-state index is 0.404. The van der Waals surface area contributed by atoms with Crippen molar-refractivity contribution in [2.24, 2.45) is 5.41 Å². The van der Waals surface area contributed by atoms with Crippen molar-refractivity contribution in [1.82, 2.24) is 5.32 Å². The van der Waals surface area contributed by atoms with Gasteiger partial charge in [-0.3, -0.25) is 0 Å². The average molecular weight is 394 g/mol. The summed E-state index contributed by atoms with van der Waals surface area (Å²) in [6.45, 7) is 5.15. The maximum Gasteiger partial charge on any atom is 0.326 e. The third-order valence-corrected chi connectivity index (χ3v) is 3.46. The lowest BCUT2D eigenvalue weighted by atomic mass is 9.87. The molecule has 0 aromatic heterocycles. The molecule has 0 fully saturated rings. The van der Waals surface area contributed by atoms with Crippen LogP contribution in [0.15, 0.2) is 18.2 Å². The average Bonchev–Trinajstić information content (AvgIpc) is 2.28. The minimum Gasteiger partial charge on any atom is -0.480 e. The lowest BCUT2D eigenvalue weighted by Gasteiger charge is -2.27. The van der Waals surface area contributed by atoms with Gasteiger partial charge >= 0.3 is 12.0 Å². The lowest BCUT2D eigenvalue weighted by Crippen LogP contribution is -2.50. The molecule has 1 atom stereocenters. The summed E-state index contributed by atoms with van der Waals surface area (Å²) in [6, 6.07) is 2.24. The summed E-state index contributed by atoms with van der Waals surface area (Å²) in [6.07, 6.45) is 0. The highest BCUT2D eigenvalue weighted by atomic mass is 127. The Morgan fingerprint density at radius 2 is 1.95 bits per heavy atom. The first-order valence-corrected chi connectivity index (χ1v) is 6.94. The number of anilines is 1. The molecule has 0 radical (unpaired) electrons. The molecule has 0 bridgehead atoms. The summed E-state index contributed by atoms with van der Waals surface area (Å²) in [4.78, 5) is 23.0. The molecule has 7 heteroatoms. The Bertz CT molecular complexity index is 529. The second-order valence-electron chi connectivity index (χ2n) is 5.36. The zero-order valence-corrected chi connectivity index (χ0v) is 13.5. The number of rotatable bonds is 3. The van der Waals surface area contributed by atoms with E-state index in [1.165, 1.54) is 18.2 Å². The molecule has 1 aromatic carbocycles. The predicted molar refractivity (Wildman–Crippen MR) is 82.2 cm³/mol. The fraction of sp³-hybridized carbons (Fsp3) is 0.385. The largest absolute Gasteiger partial charge is 0.480 e. The van der Waals surface area contributed by atoms with Crippen LogP contribution in [0.3, 0.4) is 0 Å². The fourth-order valence-electron chi connectivity index (χ4n) is 1.53. The van der Waals surface area contributed by atoms with Crippen molar-refractivity contribution in [3.63, 3.8) is 0 Å². The Balaban J connectivity index is 2.79. The summed E-state index contributed by atoms with van der Waals surface area (Å²) in [5, 5.41) is 14.0. The molecule has 20 heavy (non-hydrogen) atoms. The van der Waals surface area contributed by atoms with E-state index in [9.17, 15) is 14.0 Å². The SMILES string of the molecule is CC(C)(C)[C@@H](NC(=O)Nc1ccc(F)cc1I)C(=O)O. The molecule has 1 rings (SSSR count). The molecule has 0 heterocycles. The van der Waals surface area contributed by atoms with E-state index in [1.807, 2.05) is 22.6 Å². The van der Waals surface area contributed by atoms with Crippen molar-refractivity contribution in [2.45, 2.75) is 26.8 Å². The van der Waals surface area contributed by atoms with Crippen molar-refractivity contribution in [2.75, 3.05) is 5.32 Å². The maximum absolute atomic E-state index is 12.9. The number of hydrogen-bond donors (Lipinski definition) is 3. The molecule has 0 saturated carbocycles. The summed E-state index contributed by atoms with van der Waals surface area (Å²) in [7, 11) is 0. The molecule has 5 nitrogen and oxygen atoms in total. The Hall–Kier alpha value is -1.38. The van der Waals surface area contributed by atoms with Crippen LogP contribution in [0.5, 0.6) is 0 Å². The van der Waals surface area contributed by atoms with Crippen LogP contribution in [0.25, 0.3) is 0 Å². The molecule has 0 spiro atoms. The molecular formula is C13H16FIN2O3. The second-order valence-corrected chi connectivity index (χ2v) is 6.52. The van der Waals surface area contributed by atoms with Gasteiger partial charge in [-0.1, -0.05) is 20.8 Å². The highest BCUT2D eigenvalue weighted by Gasteiger charge is 2.32. The van der Waals surface area contributed by atoms with Crippen molar-refractivity contribution < 1.29 is 19.1 Å². The van der Waals surface area contributed by atoms with Gasteiger partial charge in [0.2, 0.25) is 0 Å². The van der Waals surface area contributed by atoms with Gasteiger partial charge in [-0.25, -0.2) is 14.0 Å². The van der Waals surface area contributed by atoms with Gasteiger partial charge in [0, 0.05) is 3.57 Å². The molecule has 0 saturated heterocycles. The van der Waals surface area contributed by atoms with Crippen LogP contribution in [-0.2, 0) is 4.79 Å². The number of halogens is 2. The summed E-state index contributed by atoms with van der Waals surface area (Å²) in [5.74, 6) is -1.51. The third kappa shape index (κ3) is 4.62. The number of carbonyl (C=O) groups is 2. The van der Waals surface area contributed by atoms with Crippen LogP contribution in [0.2, 0.25) is 0 Å². The zero-order chi connectivity index (χ0) is 15.5. The first kappa shape index (κ1) is 16.7. The van der Waals surface area contributed by atoms with Crippen LogP contribution >= 0.6 is 22.6 Å². The van der Waals surface area contributed by atoms with Gasteiger partial charge in [0.1, 0.15) is 11.9 Å². The predicted octanol–water partition coefficient (Wildman–Crippen LogP) is 3.05. The Kier molecular flexibility index (Phi) is 5.32. The number of hydrogen-bond acceptors (Lipinski definition) is 2. The van der Waals surface area contributed by atoms with E-state index < -0.39 is 29.3 Å². The molecule has 2 amide bonds. The normalized spacial score (nSPS) is 12.7. The summed E-state index contributed by atoms with van der Waals surface area (Å²) < 4.78 is 13.5. The zero-order valence-electron chi connectivity index (χ0n) is 11.3. The third-order valence-electron chi connectivity index (χ3n) is 2.57. The Morgan fingerprint density at radius 1 is 1.35 bits per heavy atom. The molecule has 110 valence electrons. The van der Waals surface area contributed by atoms with E-state index in [0.29, 0.717) is 9.26 Å². The second kappa shape index (κ2) is 6.38.